The van der Waals surface area contributed by atoms with Crippen LogP contribution in [0.2, 0.25) is 0 Å². The van der Waals surface area contributed by atoms with Crippen molar-refractivity contribution >= 4 is 31.5 Å². The number of para-hydroxylation sites is 1. The van der Waals surface area contributed by atoms with Crippen molar-refractivity contribution in [2.45, 2.75) is 65.5 Å². The van der Waals surface area contributed by atoms with Gasteiger partial charge in [0, 0.05) is 49.6 Å². The number of likely N-dealkylation sites (N-methyl/N-ethyl adjacent to an activating group) is 1. The molecule has 11 heteroatoms. The van der Waals surface area contributed by atoms with E-state index in [9.17, 15) is 21.6 Å². The topological polar surface area (TPSA) is 116 Å². The number of nitrogens with zero attached hydrogens (tertiary/aromatic N) is 2. The van der Waals surface area contributed by atoms with Crippen molar-refractivity contribution in [2.75, 3.05) is 55.4 Å². The third kappa shape index (κ3) is 6.16. The first-order valence-electron chi connectivity index (χ1n) is 14.2. The van der Waals surface area contributed by atoms with Crippen molar-refractivity contribution in [1.29, 1.82) is 0 Å². The molecule has 4 rings (SSSR count). The van der Waals surface area contributed by atoms with E-state index in [-0.39, 0.29) is 35.3 Å². The highest BCUT2D eigenvalue weighted by molar-refractivity contribution is 7.90. The van der Waals surface area contributed by atoms with E-state index in [4.69, 9.17) is 0 Å². The fraction of sp³-hybridized carbons (Fsp3) is 0.750. The standard InChI is InChI=1S/C28H46N4O5S2/c1-6-29-23(12-18-38(5,34)35)26(33)30-25-19-22-11-13-28(25,27(22,3)4)20-39(36,37)32-16-14-31(15-17-32)24-10-8-7-9-21(24)2/h7-10,22-23,25,29H,6,11-20H2,1-5H3,(H,30,33)/t22?,23-,25?,28?/m0/s1. The van der Waals surface area contributed by atoms with Crippen LogP contribution in [-0.2, 0) is 24.7 Å². The number of sulfonamides is 1. The summed E-state index contributed by atoms with van der Waals surface area (Å²) in [6, 6.07) is 7.29. The lowest BCUT2D eigenvalue weighted by Gasteiger charge is -2.44. The van der Waals surface area contributed by atoms with Gasteiger partial charge in [-0.05, 0) is 62.1 Å². The molecule has 9 nitrogen and oxygen atoms in total. The van der Waals surface area contributed by atoms with Gasteiger partial charge in [-0.1, -0.05) is 39.0 Å². The van der Waals surface area contributed by atoms with Crippen LogP contribution in [0.3, 0.4) is 0 Å². The summed E-state index contributed by atoms with van der Waals surface area (Å²) in [6.07, 6.45) is 3.83. The Hall–Kier alpha value is -1.69. The molecule has 0 spiro atoms. The molecule has 2 bridgehead atoms. The lowest BCUT2D eigenvalue weighted by Crippen LogP contribution is -2.58. The number of carbonyl (C=O) groups is 1. The first kappa shape index (κ1) is 30.3. The van der Waals surface area contributed by atoms with E-state index in [0.717, 1.165) is 24.9 Å². The minimum absolute atomic E-state index is 0.0218. The number of hydrogen-bond donors (Lipinski definition) is 2. The van der Waals surface area contributed by atoms with Gasteiger partial charge in [-0.2, -0.15) is 4.31 Å². The van der Waals surface area contributed by atoms with E-state index in [1.807, 2.05) is 19.1 Å². The minimum Gasteiger partial charge on any atom is -0.369 e. The Morgan fingerprint density at radius 1 is 1.10 bits per heavy atom. The van der Waals surface area contributed by atoms with Crippen molar-refractivity contribution in [2.24, 2.45) is 16.7 Å². The van der Waals surface area contributed by atoms with Gasteiger partial charge in [-0.3, -0.25) is 4.79 Å². The van der Waals surface area contributed by atoms with E-state index >= 15 is 0 Å². The summed E-state index contributed by atoms with van der Waals surface area (Å²) in [5.41, 5.74) is 1.54. The van der Waals surface area contributed by atoms with Crippen molar-refractivity contribution in [3.63, 3.8) is 0 Å². The number of anilines is 1. The van der Waals surface area contributed by atoms with Crippen LogP contribution in [0.1, 0.15) is 52.0 Å². The van der Waals surface area contributed by atoms with Crippen molar-refractivity contribution in [1.82, 2.24) is 14.9 Å². The van der Waals surface area contributed by atoms with Crippen LogP contribution >= 0.6 is 0 Å². The van der Waals surface area contributed by atoms with Gasteiger partial charge in [-0.15, -0.1) is 0 Å². The number of carbonyl (C=O) groups excluding carboxylic acids is 1. The van der Waals surface area contributed by atoms with E-state index in [1.54, 1.807) is 4.31 Å². The Bertz CT molecular complexity index is 1260. The largest absolute Gasteiger partial charge is 0.369 e. The van der Waals surface area contributed by atoms with Crippen LogP contribution in [0.4, 0.5) is 5.69 Å². The molecule has 220 valence electrons. The molecule has 2 N–H and O–H groups in total. The summed E-state index contributed by atoms with van der Waals surface area (Å²) < 4.78 is 53.0. The summed E-state index contributed by atoms with van der Waals surface area (Å²) in [6.45, 7) is 11.0. The predicted octanol–water partition coefficient (Wildman–Crippen LogP) is 2.17. The smallest absolute Gasteiger partial charge is 0.237 e. The number of aryl methyl sites for hydroxylation is 1. The Labute approximate surface area is 235 Å². The summed E-state index contributed by atoms with van der Waals surface area (Å²) in [5, 5.41) is 6.32. The van der Waals surface area contributed by atoms with Crippen molar-refractivity contribution < 1.29 is 21.6 Å². The van der Waals surface area contributed by atoms with Crippen LogP contribution in [0, 0.1) is 23.7 Å². The zero-order chi connectivity index (χ0) is 28.6. The highest BCUT2D eigenvalue weighted by Crippen LogP contribution is 2.66. The molecule has 1 heterocycles. The van der Waals surface area contributed by atoms with Gasteiger partial charge in [0.2, 0.25) is 15.9 Å². The Morgan fingerprint density at radius 3 is 2.36 bits per heavy atom. The van der Waals surface area contributed by atoms with Crippen molar-refractivity contribution in [3.8, 4) is 0 Å². The number of amides is 1. The SMILES string of the molecule is CCN[C@@H](CCS(C)(=O)=O)C(=O)NC1CC2CCC1(CS(=O)(=O)N1CCN(c3ccccc3C)CC1)C2(C)C. The molecule has 1 saturated heterocycles. The maximum Gasteiger partial charge on any atom is 0.237 e. The number of rotatable bonds is 11. The van der Waals surface area contributed by atoms with Gasteiger partial charge in [0.05, 0.1) is 17.5 Å². The molecule has 0 aromatic heterocycles. The monoisotopic (exact) mass is 582 g/mol. The molecule has 1 aromatic rings. The fourth-order valence-corrected chi connectivity index (χ4v) is 10.3. The van der Waals surface area contributed by atoms with Crippen LogP contribution in [0.15, 0.2) is 24.3 Å². The highest BCUT2D eigenvalue weighted by Gasteiger charge is 2.66. The average Bonchev–Trinajstić information content (AvgIpc) is 3.21. The quantitative estimate of drug-likeness (QED) is 0.411. The maximum atomic E-state index is 13.9. The molecule has 2 saturated carbocycles. The van der Waals surface area contributed by atoms with Crippen LogP contribution < -0.4 is 15.5 Å². The van der Waals surface area contributed by atoms with E-state index in [2.05, 4.69) is 48.4 Å². The van der Waals surface area contributed by atoms with Gasteiger partial charge in [0.1, 0.15) is 9.84 Å². The molecule has 1 aliphatic heterocycles. The van der Waals surface area contributed by atoms with Gasteiger partial charge < -0.3 is 15.5 Å². The molecule has 1 amide bonds. The summed E-state index contributed by atoms with van der Waals surface area (Å²) in [5.74, 6) is 0.0424. The molecule has 3 aliphatic rings. The van der Waals surface area contributed by atoms with Crippen LogP contribution in [0.5, 0.6) is 0 Å². The lowest BCUT2D eigenvalue weighted by molar-refractivity contribution is -0.125. The highest BCUT2D eigenvalue weighted by atomic mass is 32.2. The molecular weight excluding hydrogens is 536 g/mol. The second-order valence-corrected chi connectivity index (χ2v) is 16.6. The molecule has 2 aliphatic carbocycles. The lowest BCUT2D eigenvalue weighted by atomic mass is 9.69. The summed E-state index contributed by atoms with van der Waals surface area (Å²) >= 11 is 0. The van der Waals surface area contributed by atoms with Gasteiger partial charge in [0.25, 0.3) is 0 Å². The molecule has 39 heavy (non-hydrogen) atoms. The Balaban J connectivity index is 1.48. The second kappa shape index (κ2) is 11.3. The minimum atomic E-state index is -3.57. The molecule has 3 unspecified atom stereocenters. The van der Waals surface area contributed by atoms with Crippen LogP contribution in [-0.4, -0.2) is 89.6 Å². The van der Waals surface area contributed by atoms with E-state index < -0.39 is 31.3 Å². The first-order chi connectivity index (χ1) is 18.2. The number of benzene rings is 1. The normalized spacial score (nSPS) is 28.0. The van der Waals surface area contributed by atoms with Crippen molar-refractivity contribution in [3.05, 3.63) is 29.8 Å². The summed E-state index contributed by atoms with van der Waals surface area (Å²) in [4.78, 5) is 15.6. The van der Waals surface area contributed by atoms with Gasteiger partial charge >= 0.3 is 0 Å². The summed E-state index contributed by atoms with van der Waals surface area (Å²) in [7, 11) is -6.77. The number of piperazine rings is 1. The number of nitrogens with one attached hydrogen (secondary N) is 2. The van der Waals surface area contributed by atoms with Gasteiger partial charge in [0.15, 0.2) is 0 Å². The number of fused-ring (bicyclic) bond motifs is 2. The molecular formula is C28H46N4O5S2. The Kier molecular flexibility index (Phi) is 8.77. The Morgan fingerprint density at radius 2 is 1.77 bits per heavy atom. The van der Waals surface area contributed by atoms with E-state index in [1.165, 1.54) is 11.8 Å². The number of hydrogen-bond acceptors (Lipinski definition) is 7. The molecule has 1 aromatic carbocycles. The van der Waals surface area contributed by atoms with E-state index in [0.29, 0.717) is 38.6 Å². The van der Waals surface area contributed by atoms with Crippen LogP contribution in [0.25, 0.3) is 0 Å². The first-order valence-corrected chi connectivity index (χ1v) is 17.9. The zero-order valence-corrected chi connectivity index (χ0v) is 25.7. The number of sulfone groups is 1. The predicted molar refractivity (Wildman–Crippen MR) is 156 cm³/mol. The molecule has 4 atom stereocenters. The third-order valence-corrected chi connectivity index (χ3v) is 12.8. The maximum absolute atomic E-state index is 13.9. The fourth-order valence-electron chi connectivity index (χ4n) is 7.34. The average molecular weight is 583 g/mol. The zero-order valence-electron chi connectivity index (χ0n) is 24.1. The third-order valence-electron chi connectivity index (χ3n) is 9.82. The molecule has 0 radical (unpaired) electrons. The second-order valence-electron chi connectivity index (χ2n) is 12.4. The molecule has 3 fully saturated rings. The van der Waals surface area contributed by atoms with Gasteiger partial charge in [-0.25, -0.2) is 16.8 Å².